The number of fused-ring (bicyclic) bond motifs is 3. The van der Waals surface area contributed by atoms with Gasteiger partial charge >= 0.3 is 30.4 Å². The molecule has 0 N–H and O–H groups in total. The van der Waals surface area contributed by atoms with Crippen molar-refractivity contribution in [2.75, 3.05) is 43.7 Å². The number of pyridine rings is 2. The van der Waals surface area contributed by atoms with E-state index < -0.39 is 88.5 Å². The predicted octanol–water partition coefficient (Wildman–Crippen LogP) is 9.94. The van der Waals surface area contributed by atoms with Crippen LogP contribution < -0.4 is 24.0 Å². The highest BCUT2D eigenvalue weighted by Crippen LogP contribution is 2.49. The van der Waals surface area contributed by atoms with E-state index in [-0.39, 0.29) is 43.2 Å². The summed E-state index contributed by atoms with van der Waals surface area (Å²) in [5.41, 5.74) is -4.94. The van der Waals surface area contributed by atoms with E-state index in [1.807, 2.05) is 0 Å². The molecule has 348 valence electrons. The molecule has 2 fully saturated rings. The number of amides is 1. The first-order valence-electron chi connectivity index (χ1n) is 20.3. The van der Waals surface area contributed by atoms with E-state index in [2.05, 4.69) is 19.9 Å². The number of halogens is 9. The van der Waals surface area contributed by atoms with Gasteiger partial charge in [0.1, 0.15) is 45.6 Å². The average molecular weight is 922 g/mol. The highest BCUT2D eigenvalue weighted by Gasteiger charge is 2.61. The van der Waals surface area contributed by atoms with Crippen LogP contribution >= 0.6 is 0 Å². The maximum Gasteiger partial charge on any atom is 0.458 e. The maximum absolute atomic E-state index is 17.3. The zero-order chi connectivity index (χ0) is 47.2. The first-order valence-corrected chi connectivity index (χ1v) is 20.3. The van der Waals surface area contributed by atoms with Gasteiger partial charge in [-0.15, -0.1) is 0 Å². The number of carbonyl (C=O) groups excluding carboxylic acids is 1. The number of anilines is 2. The van der Waals surface area contributed by atoms with Gasteiger partial charge in [-0.2, -0.15) is 45.1 Å². The molecule has 0 saturated carbocycles. The smallest absolute Gasteiger partial charge is 0.458 e. The number of hydrogen-bond donors (Lipinski definition) is 0. The van der Waals surface area contributed by atoms with Crippen LogP contribution in [0.1, 0.15) is 55.9 Å². The average Bonchev–Trinajstić information content (AvgIpc) is 3.50. The van der Waals surface area contributed by atoms with E-state index in [0.717, 1.165) is 19.2 Å². The summed E-state index contributed by atoms with van der Waals surface area (Å²) in [5.74, 6) is -6.46. The quantitative estimate of drug-likeness (QED) is 0.111. The Labute approximate surface area is 367 Å². The molecule has 21 heteroatoms. The van der Waals surface area contributed by atoms with Crippen molar-refractivity contribution in [1.82, 2.24) is 24.8 Å². The molecule has 12 nitrogen and oxygen atoms in total. The van der Waals surface area contributed by atoms with E-state index >= 15 is 13.2 Å². The fourth-order valence-corrected chi connectivity index (χ4v) is 7.97. The number of benzene rings is 2. The first kappa shape index (κ1) is 46.7. The van der Waals surface area contributed by atoms with Crippen molar-refractivity contribution in [3.8, 4) is 28.9 Å². The SMILES string of the molecule is COc1ccc(CN(Cc2ccc(OC)cc2)c2cc(C)c(C(F)(F)C(F)(F)F)c(-c3ncc4c(N5C[C@H]6CC[C@@H](C5)N6C(=O)OC(C)(C)C)nc(OCC(F)(F)F)nc4c3F)n2)cc1. The third kappa shape index (κ3) is 10.0. The molecular weight excluding hydrogens is 878 g/mol. The second-order valence-corrected chi connectivity index (χ2v) is 16.7. The molecule has 2 saturated heterocycles. The van der Waals surface area contributed by atoms with Crippen LogP contribution in [-0.2, 0) is 23.7 Å². The van der Waals surface area contributed by atoms with Crippen LogP contribution in [0.4, 0.5) is 55.9 Å². The molecule has 3 aromatic heterocycles. The number of methoxy groups -OCH3 is 2. The number of aryl methyl sites for hydroxylation is 1. The normalized spacial score (nSPS) is 16.8. The van der Waals surface area contributed by atoms with Gasteiger partial charge < -0.3 is 28.7 Å². The molecule has 2 aliphatic heterocycles. The summed E-state index contributed by atoms with van der Waals surface area (Å²) in [6.07, 6.45) is -9.70. The molecule has 65 heavy (non-hydrogen) atoms. The van der Waals surface area contributed by atoms with Crippen LogP contribution in [0.2, 0.25) is 0 Å². The summed E-state index contributed by atoms with van der Waals surface area (Å²) < 4.78 is 153. The van der Waals surface area contributed by atoms with Crippen molar-refractivity contribution in [2.24, 2.45) is 0 Å². The second-order valence-electron chi connectivity index (χ2n) is 16.7. The summed E-state index contributed by atoms with van der Waals surface area (Å²) in [4.78, 5) is 34.4. The summed E-state index contributed by atoms with van der Waals surface area (Å²) in [6, 6.07) is 12.6. The van der Waals surface area contributed by atoms with E-state index in [9.17, 15) is 31.1 Å². The molecule has 1 amide bonds. The summed E-state index contributed by atoms with van der Waals surface area (Å²) in [7, 11) is 2.94. The number of alkyl halides is 8. The maximum atomic E-state index is 17.3. The van der Waals surface area contributed by atoms with Crippen LogP contribution in [0.25, 0.3) is 22.3 Å². The molecule has 5 heterocycles. The van der Waals surface area contributed by atoms with Crippen molar-refractivity contribution < 1.29 is 63.3 Å². The van der Waals surface area contributed by atoms with Gasteiger partial charge in [-0.3, -0.25) is 9.88 Å². The summed E-state index contributed by atoms with van der Waals surface area (Å²) in [6.45, 7) is 4.34. The Balaban J connectivity index is 1.39. The Hall–Kier alpha value is -6.28. The number of aromatic nitrogens is 4. The molecule has 5 aromatic rings. The standard InChI is InChI=1S/C44H44F9N7O5/c1-24-17-32(58(19-25-7-13-29(62-5)14-8-25)20-26-9-15-30(63-6)16-10-26)55-36(33(24)43(49,50)44(51,52)53)37-34(45)35-31(18-54-37)38(57-39(56-35)64-23-42(46,47)48)59-21-27-11-12-28(22-59)60(27)40(61)65-41(2,3)4/h7-10,13-18,27-28H,11-12,19-23H2,1-6H3/t27-,28+. The molecule has 2 aliphatic rings. The van der Waals surface area contributed by atoms with Crippen LogP contribution in [0.5, 0.6) is 17.5 Å². The minimum absolute atomic E-state index is 0.0181. The number of nitrogens with zero attached hydrogens (tertiary/aromatic N) is 7. The van der Waals surface area contributed by atoms with Gasteiger partial charge in [0.2, 0.25) is 0 Å². The van der Waals surface area contributed by atoms with Gasteiger partial charge in [-0.05, 0) is 87.6 Å². The fraction of sp³-hybridized carbons (Fsp3) is 0.432. The van der Waals surface area contributed by atoms with Crippen LogP contribution in [-0.4, -0.2) is 94.9 Å². The van der Waals surface area contributed by atoms with Crippen molar-refractivity contribution in [3.63, 3.8) is 0 Å². The lowest BCUT2D eigenvalue weighted by Crippen LogP contribution is -2.57. The van der Waals surface area contributed by atoms with E-state index in [1.54, 1.807) is 84.0 Å². The van der Waals surface area contributed by atoms with Gasteiger partial charge in [-0.25, -0.2) is 14.2 Å². The number of rotatable bonds is 12. The van der Waals surface area contributed by atoms with Crippen LogP contribution in [0.3, 0.4) is 0 Å². The fourth-order valence-electron chi connectivity index (χ4n) is 7.97. The van der Waals surface area contributed by atoms with Crippen molar-refractivity contribution in [2.45, 2.75) is 89.6 Å². The van der Waals surface area contributed by atoms with Crippen molar-refractivity contribution in [1.29, 1.82) is 0 Å². The highest BCUT2D eigenvalue weighted by molar-refractivity contribution is 5.92. The number of carbonyl (C=O) groups is 1. The van der Waals surface area contributed by atoms with Crippen LogP contribution in [0, 0.1) is 12.7 Å². The number of ether oxygens (including phenoxy) is 4. The highest BCUT2D eigenvalue weighted by atomic mass is 19.4. The van der Waals surface area contributed by atoms with Gasteiger partial charge in [0.15, 0.2) is 12.4 Å². The Morgan fingerprint density at radius 1 is 0.800 bits per heavy atom. The monoisotopic (exact) mass is 921 g/mol. The summed E-state index contributed by atoms with van der Waals surface area (Å²) >= 11 is 0. The molecule has 0 radical (unpaired) electrons. The molecule has 2 bridgehead atoms. The van der Waals surface area contributed by atoms with Crippen molar-refractivity contribution >= 4 is 28.6 Å². The summed E-state index contributed by atoms with van der Waals surface area (Å²) in [5, 5.41) is -0.228. The lowest BCUT2D eigenvalue weighted by Gasteiger charge is -2.42. The molecule has 7 rings (SSSR count). The molecule has 2 aromatic carbocycles. The van der Waals surface area contributed by atoms with Gasteiger partial charge in [0, 0.05) is 32.4 Å². The predicted molar refractivity (Wildman–Crippen MR) is 220 cm³/mol. The van der Waals surface area contributed by atoms with Crippen molar-refractivity contribution in [3.05, 3.63) is 88.9 Å². The number of hydrogen-bond acceptors (Lipinski definition) is 11. The van der Waals surface area contributed by atoms with Gasteiger partial charge in [-0.1, -0.05) is 24.3 Å². The van der Waals surface area contributed by atoms with E-state index in [0.29, 0.717) is 35.5 Å². The van der Waals surface area contributed by atoms with E-state index in [1.165, 1.54) is 14.2 Å². The molecule has 2 atom stereocenters. The van der Waals surface area contributed by atoms with E-state index in [4.69, 9.17) is 18.9 Å². The second kappa shape index (κ2) is 17.6. The third-order valence-electron chi connectivity index (χ3n) is 10.9. The first-order chi connectivity index (χ1) is 30.5. The Morgan fingerprint density at radius 3 is 1.85 bits per heavy atom. The minimum Gasteiger partial charge on any atom is -0.497 e. The Bertz CT molecular complexity index is 2470. The molecule has 0 spiro atoms. The zero-order valence-corrected chi connectivity index (χ0v) is 36.0. The Kier molecular flexibility index (Phi) is 12.6. The third-order valence-corrected chi connectivity index (χ3v) is 10.9. The molecule has 0 unspecified atom stereocenters. The largest absolute Gasteiger partial charge is 0.497 e. The molecule has 0 aliphatic carbocycles. The van der Waals surface area contributed by atoms with Gasteiger partial charge in [0.05, 0.1) is 37.3 Å². The lowest BCUT2D eigenvalue weighted by atomic mass is 9.97. The zero-order valence-electron chi connectivity index (χ0n) is 36.0. The molecular formula is C44H44F9N7O5. The van der Waals surface area contributed by atoms with Crippen LogP contribution in [0.15, 0.2) is 60.8 Å². The topological polar surface area (TPSA) is 115 Å². The number of piperazine rings is 1. The Morgan fingerprint density at radius 2 is 1.35 bits per heavy atom. The lowest BCUT2D eigenvalue weighted by molar-refractivity contribution is -0.289. The minimum atomic E-state index is -6.19. The van der Waals surface area contributed by atoms with Gasteiger partial charge in [0.25, 0.3) is 0 Å².